The Hall–Kier alpha value is -4.91. The summed E-state index contributed by atoms with van der Waals surface area (Å²) >= 11 is 0. The van der Waals surface area contributed by atoms with E-state index in [2.05, 4.69) is 20.5 Å². The maximum Gasteiger partial charge on any atom is 0.416 e. The van der Waals surface area contributed by atoms with E-state index in [9.17, 15) is 23.2 Å². The molecule has 4 rings (SSSR count). The molecule has 0 bridgehead atoms. The number of rotatable bonds is 7. The molecular weight excluding hydrogens is 471 g/mol. The number of anilines is 1. The zero-order valence-electron chi connectivity index (χ0n) is 18.6. The van der Waals surface area contributed by atoms with Crippen molar-refractivity contribution in [3.05, 3.63) is 111 Å². The van der Waals surface area contributed by atoms with Gasteiger partial charge < -0.3 is 4.74 Å². The highest BCUT2D eigenvalue weighted by Crippen LogP contribution is 2.30. The Kier molecular flexibility index (Phi) is 7.11. The molecular formula is C26H18F3N5O2. The van der Waals surface area contributed by atoms with Crippen LogP contribution in [0.1, 0.15) is 22.3 Å². The van der Waals surface area contributed by atoms with E-state index in [4.69, 9.17) is 4.74 Å². The highest BCUT2D eigenvalue weighted by Gasteiger charge is 2.30. The Balaban J connectivity index is 1.51. The second-order valence-electron chi connectivity index (χ2n) is 7.51. The van der Waals surface area contributed by atoms with Crippen LogP contribution >= 0.6 is 0 Å². The van der Waals surface area contributed by atoms with Crippen molar-refractivity contribution in [2.45, 2.75) is 12.8 Å². The molecule has 0 aliphatic heterocycles. The fourth-order valence-corrected chi connectivity index (χ4v) is 3.31. The lowest BCUT2D eigenvalue weighted by molar-refractivity contribution is -0.137. The Morgan fingerprint density at radius 1 is 1.06 bits per heavy atom. The number of benzene rings is 3. The lowest BCUT2D eigenvalue weighted by Gasteiger charge is -2.11. The van der Waals surface area contributed by atoms with Crippen LogP contribution in [0, 0.1) is 11.3 Å². The summed E-state index contributed by atoms with van der Waals surface area (Å²) < 4.78 is 44.6. The molecule has 0 amide bonds. The van der Waals surface area contributed by atoms with Crippen molar-refractivity contribution < 1.29 is 17.9 Å². The van der Waals surface area contributed by atoms with Crippen molar-refractivity contribution in [1.82, 2.24) is 9.97 Å². The fraction of sp³-hybridized carbons (Fsp3) is 0.0769. The molecule has 0 saturated carbocycles. The molecule has 0 atom stereocenters. The van der Waals surface area contributed by atoms with Gasteiger partial charge in [0.1, 0.15) is 24.0 Å². The van der Waals surface area contributed by atoms with Crippen LogP contribution in [0.2, 0.25) is 0 Å². The van der Waals surface area contributed by atoms with Crippen LogP contribution in [0.15, 0.2) is 88.8 Å². The molecule has 0 aliphatic rings. The molecule has 36 heavy (non-hydrogen) atoms. The second-order valence-corrected chi connectivity index (χ2v) is 7.51. The van der Waals surface area contributed by atoms with Crippen molar-refractivity contribution in [2.24, 2.45) is 5.10 Å². The summed E-state index contributed by atoms with van der Waals surface area (Å²) in [5.74, 6) is 0.420. The number of para-hydroxylation sites is 1. The summed E-state index contributed by atoms with van der Waals surface area (Å²) in [6, 6.07) is 22.4. The Bertz CT molecular complexity index is 1490. The Morgan fingerprint density at radius 3 is 2.56 bits per heavy atom. The number of H-pyrrole nitrogens is 1. The van der Waals surface area contributed by atoms with E-state index < -0.39 is 17.3 Å². The average molecular weight is 489 g/mol. The molecule has 1 heterocycles. The van der Waals surface area contributed by atoms with Crippen molar-refractivity contribution >= 4 is 12.2 Å². The Morgan fingerprint density at radius 2 is 1.81 bits per heavy atom. The summed E-state index contributed by atoms with van der Waals surface area (Å²) in [6.45, 7) is -0.0763. The number of nitriles is 1. The van der Waals surface area contributed by atoms with Crippen LogP contribution in [0.3, 0.4) is 0 Å². The van der Waals surface area contributed by atoms with Crippen LogP contribution in [-0.4, -0.2) is 16.2 Å². The molecule has 2 N–H and O–H groups in total. The molecule has 0 aliphatic carbocycles. The summed E-state index contributed by atoms with van der Waals surface area (Å²) in [5, 5.41) is 13.5. The standard InChI is InChI=1S/C26H18F3N5O2/c27-26(28,29)20-11-6-7-17(13-20)16-36-22-12-5-4-10-19(22)15-31-34-25-32-23(18-8-2-1-3-9-18)21(14-30)24(35)33-25/h1-13,15H,16H2,(H2,32,33,34,35). The van der Waals surface area contributed by atoms with E-state index in [-0.39, 0.29) is 23.8 Å². The van der Waals surface area contributed by atoms with Gasteiger partial charge in [0.25, 0.3) is 5.56 Å². The van der Waals surface area contributed by atoms with Gasteiger partial charge in [-0.05, 0) is 29.8 Å². The maximum atomic E-state index is 13.0. The first-order valence-corrected chi connectivity index (χ1v) is 10.6. The minimum absolute atomic E-state index is 0.0245. The molecule has 7 nitrogen and oxygen atoms in total. The number of halogens is 3. The topological polar surface area (TPSA) is 103 Å². The smallest absolute Gasteiger partial charge is 0.416 e. The average Bonchev–Trinajstić information content (AvgIpc) is 2.88. The van der Waals surface area contributed by atoms with Gasteiger partial charge in [-0.25, -0.2) is 10.4 Å². The summed E-state index contributed by atoms with van der Waals surface area (Å²) in [6.07, 6.45) is -3.02. The largest absolute Gasteiger partial charge is 0.488 e. The van der Waals surface area contributed by atoms with E-state index in [0.717, 1.165) is 12.1 Å². The summed E-state index contributed by atoms with van der Waals surface area (Å²) in [5.41, 5.74) is 2.86. The highest BCUT2D eigenvalue weighted by molar-refractivity contribution is 5.83. The SMILES string of the molecule is N#Cc1c(-c2ccccc2)nc(NN=Cc2ccccc2OCc2cccc(C(F)(F)F)c2)[nH]c1=O. The number of alkyl halides is 3. The van der Waals surface area contributed by atoms with Gasteiger partial charge in [0.15, 0.2) is 0 Å². The van der Waals surface area contributed by atoms with Gasteiger partial charge >= 0.3 is 6.18 Å². The highest BCUT2D eigenvalue weighted by atomic mass is 19.4. The molecule has 0 saturated heterocycles. The molecule has 0 spiro atoms. The zero-order valence-corrected chi connectivity index (χ0v) is 18.6. The van der Waals surface area contributed by atoms with E-state index >= 15 is 0 Å². The molecule has 3 aromatic carbocycles. The third-order valence-electron chi connectivity index (χ3n) is 5.02. The van der Waals surface area contributed by atoms with Gasteiger partial charge in [-0.15, -0.1) is 0 Å². The molecule has 1 aromatic heterocycles. The predicted molar refractivity (Wildman–Crippen MR) is 128 cm³/mol. The molecule has 180 valence electrons. The van der Waals surface area contributed by atoms with E-state index in [1.54, 1.807) is 60.7 Å². The van der Waals surface area contributed by atoms with E-state index in [0.29, 0.717) is 22.4 Å². The molecule has 0 unspecified atom stereocenters. The number of nitrogens with zero attached hydrogens (tertiary/aromatic N) is 3. The third kappa shape index (κ3) is 5.77. The van der Waals surface area contributed by atoms with Crippen molar-refractivity contribution in [3.63, 3.8) is 0 Å². The van der Waals surface area contributed by atoms with E-state index in [1.807, 2.05) is 6.07 Å². The number of hydrogen-bond donors (Lipinski definition) is 2. The minimum Gasteiger partial charge on any atom is -0.488 e. The van der Waals surface area contributed by atoms with Crippen LogP contribution in [-0.2, 0) is 12.8 Å². The van der Waals surface area contributed by atoms with Crippen molar-refractivity contribution in [2.75, 3.05) is 5.43 Å². The Labute approximate surface area is 203 Å². The number of aromatic amines is 1. The minimum atomic E-state index is -4.44. The lowest BCUT2D eigenvalue weighted by Crippen LogP contribution is -2.16. The first-order chi connectivity index (χ1) is 17.3. The van der Waals surface area contributed by atoms with Crippen LogP contribution in [0.5, 0.6) is 5.75 Å². The lowest BCUT2D eigenvalue weighted by atomic mass is 10.1. The number of hydrogen-bond acceptors (Lipinski definition) is 6. The fourth-order valence-electron chi connectivity index (χ4n) is 3.31. The van der Waals surface area contributed by atoms with Crippen LogP contribution in [0.25, 0.3) is 11.3 Å². The number of nitrogens with one attached hydrogen (secondary N) is 2. The molecule has 10 heteroatoms. The van der Waals surface area contributed by atoms with Crippen molar-refractivity contribution in [3.8, 4) is 23.1 Å². The van der Waals surface area contributed by atoms with Crippen molar-refractivity contribution in [1.29, 1.82) is 5.26 Å². The quantitative estimate of drug-likeness (QED) is 0.269. The molecule has 0 fully saturated rings. The molecule has 0 radical (unpaired) electrons. The predicted octanol–water partition coefficient (Wildman–Crippen LogP) is 5.35. The molecule has 4 aromatic rings. The normalized spacial score (nSPS) is 11.3. The van der Waals surface area contributed by atoms with E-state index in [1.165, 1.54) is 12.3 Å². The van der Waals surface area contributed by atoms with Gasteiger partial charge in [0.05, 0.1) is 17.5 Å². The van der Waals surface area contributed by atoms with Crippen LogP contribution in [0.4, 0.5) is 19.1 Å². The first-order valence-electron chi connectivity index (χ1n) is 10.6. The summed E-state index contributed by atoms with van der Waals surface area (Å²) in [7, 11) is 0. The number of ether oxygens (including phenoxy) is 1. The third-order valence-corrected chi connectivity index (χ3v) is 5.02. The first kappa shape index (κ1) is 24.2. The number of hydrazone groups is 1. The second kappa shape index (κ2) is 10.6. The zero-order chi connectivity index (χ0) is 25.5. The van der Waals surface area contributed by atoms with Gasteiger partial charge in [-0.2, -0.15) is 23.5 Å². The monoisotopic (exact) mass is 489 g/mol. The maximum absolute atomic E-state index is 13.0. The van der Waals surface area contributed by atoms with Gasteiger partial charge in [0, 0.05) is 11.1 Å². The number of aromatic nitrogens is 2. The van der Waals surface area contributed by atoms with Crippen LogP contribution < -0.4 is 15.7 Å². The summed E-state index contributed by atoms with van der Waals surface area (Å²) in [4.78, 5) is 19.1. The van der Waals surface area contributed by atoms with Gasteiger partial charge in [-0.1, -0.05) is 54.6 Å². The van der Waals surface area contributed by atoms with Gasteiger partial charge in [-0.3, -0.25) is 9.78 Å². The van der Waals surface area contributed by atoms with Gasteiger partial charge in [0.2, 0.25) is 5.95 Å².